The van der Waals surface area contributed by atoms with E-state index >= 15 is 0 Å². The monoisotopic (exact) mass is 295 g/mol. The molecule has 22 heavy (non-hydrogen) atoms. The van der Waals surface area contributed by atoms with Gasteiger partial charge >= 0.3 is 0 Å². The zero-order valence-corrected chi connectivity index (χ0v) is 13.0. The van der Waals surface area contributed by atoms with Crippen LogP contribution in [0.4, 0.5) is 17.1 Å². The van der Waals surface area contributed by atoms with Crippen molar-refractivity contribution in [1.29, 1.82) is 0 Å². The van der Waals surface area contributed by atoms with Gasteiger partial charge < -0.3 is 16.0 Å². The summed E-state index contributed by atoms with van der Waals surface area (Å²) in [5.74, 6) is -0.00331. The Morgan fingerprint density at radius 1 is 1.32 bits per heavy atom. The van der Waals surface area contributed by atoms with Crippen molar-refractivity contribution < 1.29 is 4.79 Å². The van der Waals surface area contributed by atoms with Gasteiger partial charge in [-0.05, 0) is 55.7 Å². The largest absolute Gasteiger partial charge is 0.399 e. The first-order chi connectivity index (χ1) is 10.5. The van der Waals surface area contributed by atoms with E-state index in [4.69, 9.17) is 5.73 Å². The van der Waals surface area contributed by atoms with Crippen LogP contribution in [0.15, 0.2) is 42.5 Å². The standard InChI is InChI=1S/C18H21N3O/c1-12-9-15(19)7-8-16(12)20-18(22)11-21-13(2)10-14-5-3-4-6-17(14)21/h3-9,13H,10-11,19H2,1-2H3,(H,20,22). The molecule has 114 valence electrons. The van der Waals surface area contributed by atoms with E-state index in [1.54, 1.807) is 6.07 Å². The fourth-order valence-corrected chi connectivity index (χ4v) is 3.04. The molecule has 3 rings (SSSR count). The number of nitrogens with zero attached hydrogens (tertiary/aromatic N) is 1. The third kappa shape index (κ3) is 2.77. The Morgan fingerprint density at radius 2 is 2.09 bits per heavy atom. The number of benzene rings is 2. The minimum absolute atomic E-state index is 0.00331. The van der Waals surface area contributed by atoms with Crippen molar-refractivity contribution in [3.8, 4) is 0 Å². The maximum atomic E-state index is 12.4. The summed E-state index contributed by atoms with van der Waals surface area (Å²) in [6.45, 7) is 4.46. The molecule has 4 heteroatoms. The third-order valence-electron chi connectivity index (χ3n) is 4.19. The number of rotatable bonds is 3. The molecule has 0 fully saturated rings. The van der Waals surface area contributed by atoms with Crippen LogP contribution in [0.1, 0.15) is 18.1 Å². The first-order valence-electron chi connectivity index (χ1n) is 7.55. The lowest BCUT2D eigenvalue weighted by Crippen LogP contribution is -2.37. The normalized spacial score (nSPS) is 16.5. The van der Waals surface area contributed by atoms with Crippen molar-refractivity contribution in [1.82, 2.24) is 0 Å². The average molecular weight is 295 g/mol. The molecule has 1 aliphatic rings. The first kappa shape index (κ1) is 14.4. The maximum absolute atomic E-state index is 12.4. The number of carbonyl (C=O) groups is 1. The van der Waals surface area contributed by atoms with Gasteiger partial charge in [0.25, 0.3) is 0 Å². The van der Waals surface area contributed by atoms with Crippen LogP contribution in [0.2, 0.25) is 0 Å². The minimum atomic E-state index is -0.00331. The molecular formula is C18H21N3O. The van der Waals surface area contributed by atoms with Crippen LogP contribution >= 0.6 is 0 Å². The number of hydrogen-bond donors (Lipinski definition) is 2. The molecule has 1 amide bonds. The quantitative estimate of drug-likeness (QED) is 0.856. The summed E-state index contributed by atoms with van der Waals surface area (Å²) in [5.41, 5.74) is 10.7. The molecule has 0 aromatic heterocycles. The van der Waals surface area contributed by atoms with Crippen LogP contribution in [0.25, 0.3) is 0 Å². The molecule has 2 aromatic carbocycles. The van der Waals surface area contributed by atoms with Gasteiger partial charge in [0, 0.05) is 23.1 Å². The number of anilines is 3. The van der Waals surface area contributed by atoms with Gasteiger partial charge in [-0.3, -0.25) is 4.79 Å². The number of para-hydroxylation sites is 1. The molecule has 0 spiro atoms. The molecule has 1 unspecified atom stereocenters. The number of amides is 1. The molecule has 0 bridgehead atoms. The second-order valence-electron chi connectivity index (χ2n) is 5.93. The highest BCUT2D eigenvalue weighted by atomic mass is 16.2. The van der Waals surface area contributed by atoms with Crippen LogP contribution < -0.4 is 16.0 Å². The predicted molar refractivity (Wildman–Crippen MR) is 91.2 cm³/mol. The second-order valence-corrected chi connectivity index (χ2v) is 5.93. The van der Waals surface area contributed by atoms with E-state index in [1.807, 2.05) is 31.2 Å². The lowest BCUT2D eigenvalue weighted by molar-refractivity contribution is -0.115. The fourth-order valence-electron chi connectivity index (χ4n) is 3.04. The van der Waals surface area contributed by atoms with Gasteiger partial charge in [0.1, 0.15) is 0 Å². The Labute approximate surface area is 130 Å². The van der Waals surface area contributed by atoms with E-state index in [0.717, 1.165) is 17.7 Å². The lowest BCUT2D eigenvalue weighted by atomic mass is 10.1. The highest BCUT2D eigenvalue weighted by molar-refractivity contribution is 5.95. The van der Waals surface area contributed by atoms with Crippen LogP contribution in [0, 0.1) is 6.92 Å². The number of fused-ring (bicyclic) bond motifs is 1. The summed E-state index contributed by atoms with van der Waals surface area (Å²) in [5, 5.41) is 2.98. The van der Waals surface area contributed by atoms with Crippen LogP contribution in [0.3, 0.4) is 0 Å². The number of hydrogen-bond acceptors (Lipinski definition) is 3. The van der Waals surface area contributed by atoms with Gasteiger partial charge in [-0.1, -0.05) is 18.2 Å². The van der Waals surface area contributed by atoms with Crippen LogP contribution in [-0.2, 0) is 11.2 Å². The first-order valence-corrected chi connectivity index (χ1v) is 7.55. The van der Waals surface area contributed by atoms with Gasteiger partial charge in [0.05, 0.1) is 6.54 Å². The van der Waals surface area contributed by atoms with Gasteiger partial charge in [0.2, 0.25) is 5.91 Å². The van der Waals surface area contributed by atoms with Gasteiger partial charge in [0.15, 0.2) is 0 Å². The second kappa shape index (κ2) is 5.72. The molecule has 0 saturated heterocycles. The number of nitrogen functional groups attached to an aromatic ring is 1. The van der Waals surface area contributed by atoms with Crippen molar-refractivity contribution in [2.24, 2.45) is 0 Å². The van der Waals surface area contributed by atoms with Gasteiger partial charge in [-0.25, -0.2) is 0 Å². The molecule has 0 aliphatic carbocycles. The molecule has 4 nitrogen and oxygen atoms in total. The molecular weight excluding hydrogens is 274 g/mol. The van der Waals surface area contributed by atoms with Crippen molar-refractivity contribution in [2.45, 2.75) is 26.3 Å². The smallest absolute Gasteiger partial charge is 0.243 e. The zero-order valence-electron chi connectivity index (χ0n) is 13.0. The molecule has 1 heterocycles. The van der Waals surface area contributed by atoms with E-state index in [2.05, 4.69) is 29.3 Å². The lowest BCUT2D eigenvalue weighted by Gasteiger charge is -2.24. The Balaban J connectivity index is 1.72. The SMILES string of the molecule is Cc1cc(N)ccc1NC(=O)CN1c2ccccc2CC1C. The summed E-state index contributed by atoms with van der Waals surface area (Å²) in [6.07, 6.45) is 0.990. The van der Waals surface area contributed by atoms with Gasteiger partial charge in [-0.2, -0.15) is 0 Å². The Bertz CT molecular complexity index is 711. The third-order valence-corrected chi connectivity index (χ3v) is 4.19. The molecule has 0 saturated carbocycles. The number of carbonyl (C=O) groups excluding carboxylic acids is 1. The van der Waals surface area contributed by atoms with E-state index in [1.165, 1.54) is 11.3 Å². The van der Waals surface area contributed by atoms with E-state index in [9.17, 15) is 4.79 Å². The van der Waals surface area contributed by atoms with E-state index in [-0.39, 0.29) is 5.91 Å². The summed E-state index contributed by atoms with van der Waals surface area (Å²) in [7, 11) is 0. The highest BCUT2D eigenvalue weighted by Gasteiger charge is 2.27. The molecule has 2 aromatic rings. The summed E-state index contributed by atoms with van der Waals surface area (Å²) >= 11 is 0. The minimum Gasteiger partial charge on any atom is -0.399 e. The Morgan fingerprint density at radius 3 is 2.86 bits per heavy atom. The Kier molecular flexibility index (Phi) is 3.75. The number of aryl methyl sites for hydroxylation is 1. The number of nitrogens with one attached hydrogen (secondary N) is 1. The zero-order chi connectivity index (χ0) is 15.7. The molecule has 3 N–H and O–H groups in total. The number of nitrogens with two attached hydrogens (primary N) is 1. The summed E-state index contributed by atoms with van der Waals surface area (Å²) in [4.78, 5) is 14.5. The summed E-state index contributed by atoms with van der Waals surface area (Å²) in [6, 6.07) is 14.1. The topological polar surface area (TPSA) is 58.4 Å². The van der Waals surface area contributed by atoms with E-state index < -0.39 is 0 Å². The van der Waals surface area contributed by atoms with Crippen molar-refractivity contribution >= 4 is 23.0 Å². The van der Waals surface area contributed by atoms with Gasteiger partial charge in [-0.15, -0.1) is 0 Å². The predicted octanol–water partition coefficient (Wildman–Crippen LogP) is 2.97. The molecule has 1 atom stereocenters. The van der Waals surface area contributed by atoms with E-state index in [0.29, 0.717) is 18.3 Å². The molecule has 0 radical (unpaired) electrons. The van der Waals surface area contributed by atoms with Crippen molar-refractivity contribution in [3.63, 3.8) is 0 Å². The summed E-state index contributed by atoms with van der Waals surface area (Å²) < 4.78 is 0. The highest BCUT2D eigenvalue weighted by Crippen LogP contribution is 2.31. The average Bonchev–Trinajstić information content (AvgIpc) is 2.78. The molecule has 1 aliphatic heterocycles. The van der Waals surface area contributed by atoms with Crippen molar-refractivity contribution in [2.75, 3.05) is 22.5 Å². The fraction of sp³-hybridized carbons (Fsp3) is 0.278. The van der Waals surface area contributed by atoms with Crippen molar-refractivity contribution in [3.05, 3.63) is 53.6 Å². The van der Waals surface area contributed by atoms with Crippen LogP contribution in [-0.4, -0.2) is 18.5 Å². The van der Waals surface area contributed by atoms with Crippen LogP contribution in [0.5, 0.6) is 0 Å². The maximum Gasteiger partial charge on any atom is 0.243 e. The Hall–Kier alpha value is -2.49.